The van der Waals surface area contributed by atoms with Crippen molar-refractivity contribution in [2.45, 2.75) is 59.5 Å². The van der Waals surface area contributed by atoms with Crippen LogP contribution in [0.3, 0.4) is 0 Å². The number of ether oxygens (including phenoxy) is 3. The van der Waals surface area contributed by atoms with E-state index in [0.717, 1.165) is 12.8 Å². The van der Waals surface area contributed by atoms with E-state index in [2.05, 4.69) is 20.8 Å². The minimum absolute atomic E-state index is 0.187. The van der Waals surface area contributed by atoms with Crippen LogP contribution in [0.15, 0.2) is 0 Å². The summed E-state index contributed by atoms with van der Waals surface area (Å²) in [7, 11) is 0. The molecule has 1 fully saturated rings. The van der Waals surface area contributed by atoms with Gasteiger partial charge >= 0.3 is 11.9 Å². The highest BCUT2D eigenvalue weighted by Crippen LogP contribution is 2.25. The third-order valence-electron chi connectivity index (χ3n) is 4.27. The Morgan fingerprint density at radius 2 is 1.72 bits per heavy atom. The zero-order valence-electron chi connectivity index (χ0n) is 16.5. The van der Waals surface area contributed by atoms with E-state index >= 15 is 0 Å². The lowest BCUT2D eigenvalue weighted by Gasteiger charge is -2.28. The molecule has 0 aromatic heterocycles. The van der Waals surface area contributed by atoms with Crippen molar-refractivity contribution in [2.75, 3.05) is 39.5 Å². The van der Waals surface area contributed by atoms with Gasteiger partial charge in [0.15, 0.2) is 6.61 Å². The van der Waals surface area contributed by atoms with Crippen molar-refractivity contribution < 1.29 is 23.8 Å². The Morgan fingerprint density at radius 3 is 2.32 bits per heavy atom. The minimum atomic E-state index is -0.551. The zero-order valence-corrected chi connectivity index (χ0v) is 16.5. The van der Waals surface area contributed by atoms with Gasteiger partial charge in [-0.1, -0.05) is 33.6 Å². The summed E-state index contributed by atoms with van der Waals surface area (Å²) in [6.07, 6.45) is 3.09. The molecule has 25 heavy (non-hydrogen) atoms. The van der Waals surface area contributed by atoms with E-state index in [1.54, 1.807) is 0 Å². The van der Waals surface area contributed by atoms with Gasteiger partial charge in [0.1, 0.15) is 5.60 Å². The number of esters is 2. The third kappa shape index (κ3) is 10.4. The molecule has 1 heterocycles. The molecule has 0 aromatic rings. The first-order valence-electron chi connectivity index (χ1n) is 9.35. The standard InChI is InChI=1S/C19H35NO5/c1-15(2)6-7-16(3)12-19(4,5)25-18(22)14-24-17(21)13-20-8-10-23-11-9-20/h15-16H,6-14H2,1-5H3/t16-/m0/s1. The molecule has 1 aliphatic rings. The average Bonchev–Trinajstić information content (AvgIpc) is 2.51. The smallest absolute Gasteiger partial charge is 0.344 e. The second-order valence-electron chi connectivity index (χ2n) is 8.06. The molecule has 1 saturated heterocycles. The van der Waals surface area contributed by atoms with Crippen LogP contribution in [0.1, 0.15) is 53.9 Å². The molecule has 146 valence electrons. The van der Waals surface area contributed by atoms with Gasteiger partial charge in [-0.15, -0.1) is 0 Å². The highest BCUT2D eigenvalue weighted by molar-refractivity contribution is 5.77. The first kappa shape index (κ1) is 21.9. The summed E-state index contributed by atoms with van der Waals surface area (Å²) in [6, 6.07) is 0. The van der Waals surface area contributed by atoms with Gasteiger partial charge in [-0.05, 0) is 32.1 Å². The lowest BCUT2D eigenvalue weighted by Crippen LogP contribution is -2.40. The molecule has 0 spiro atoms. The number of hydrogen-bond acceptors (Lipinski definition) is 6. The van der Waals surface area contributed by atoms with Crippen LogP contribution in [0.25, 0.3) is 0 Å². The highest BCUT2D eigenvalue weighted by Gasteiger charge is 2.26. The van der Waals surface area contributed by atoms with Crippen LogP contribution in [0, 0.1) is 11.8 Å². The van der Waals surface area contributed by atoms with Crippen LogP contribution >= 0.6 is 0 Å². The molecule has 0 amide bonds. The molecule has 0 radical (unpaired) electrons. The Kier molecular flexibility index (Phi) is 9.43. The van der Waals surface area contributed by atoms with Crippen molar-refractivity contribution >= 4 is 11.9 Å². The Balaban J connectivity index is 2.25. The fourth-order valence-corrected chi connectivity index (χ4v) is 3.07. The van der Waals surface area contributed by atoms with Crippen LogP contribution < -0.4 is 0 Å². The third-order valence-corrected chi connectivity index (χ3v) is 4.27. The predicted octanol–water partition coefficient (Wildman–Crippen LogP) is 2.65. The molecule has 0 aliphatic carbocycles. The van der Waals surface area contributed by atoms with Crippen LogP contribution in [-0.4, -0.2) is 61.9 Å². The maximum Gasteiger partial charge on any atom is 0.344 e. The summed E-state index contributed by atoms with van der Waals surface area (Å²) in [5.74, 6) is 0.270. The summed E-state index contributed by atoms with van der Waals surface area (Å²) in [6.45, 7) is 12.9. The van der Waals surface area contributed by atoms with Gasteiger partial charge in [0.05, 0.1) is 19.8 Å². The molecule has 1 aliphatic heterocycles. The lowest BCUT2D eigenvalue weighted by atomic mass is 9.89. The van der Waals surface area contributed by atoms with Gasteiger partial charge in [-0.3, -0.25) is 9.69 Å². The van der Waals surface area contributed by atoms with Crippen molar-refractivity contribution in [3.05, 3.63) is 0 Å². The van der Waals surface area contributed by atoms with Gasteiger partial charge in [-0.25, -0.2) is 4.79 Å². The molecule has 6 heteroatoms. The summed E-state index contributed by atoms with van der Waals surface area (Å²) >= 11 is 0. The number of hydrogen-bond donors (Lipinski definition) is 0. The predicted molar refractivity (Wildman–Crippen MR) is 96.2 cm³/mol. The molecule has 1 rings (SSSR count). The summed E-state index contributed by atoms with van der Waals surface area (Å²) in [4.78, 5) is 25.7. The number of rotatable bonds is 10. The topological polar surface area (TPSA) is 65.1 Å². The number of morpholine rings is 1. The molecule has 1 atom stereocenters. The molecule has 0 unspecified atom stereocenters. The number of carbonyl (C=O) groups excluding carboxylic acids is 2. The van der Waals surface area contributed by atoms with Crippen LogP contribution in [0.4, 0.5) is 0 Å². The first-order chi connectivity index (χ1) is 11.7. The molecule has 0 saturated carbocycles. The summed E-state index contributed by atoms with van der Waals surface area (Å²) in [5.41, 5.74) is -0.551. The summed E-state index contributed by atoms with van der Waals surface area (Å²) in [5, 5.41) is 0. The Bertz CT molecular complexity index is 416. The molecule has 0 aromatic carbocycles. The van der Waals surface area contributed by atoms with E-state index < -0.39 is 17.5 Å². The van der Waals surface area contributed by atoms with Crippen molar-refractivity contribution in [1.29, 1.82) is 0 Å². The van der Waals surface area contributed by atoms with E-state index in [1.165, 1.54) is 6.42 Å². The normalized spacial score (nSPS) is 17.4. The fraction of sp³-hybridized carbons (Fsp3) is 0.895. The van der Waals surface area contributed by atoms with Crippen molar-refractivity contribution in [1.82, 2.24) is 4.90 Å². The van der Waals surface area contributed by atoms with E-state index in [-0.39, 0.29) is 13.2 Å². The van der Waals surface area contributed by atoms with E-state index in [9.17, 15) is 9.59 Å². The number of carbonyl (C=O) groups is 2. The minimum Gasteiger partial charge on any atom is -0.457 e. The fourth-order valence-electron chi connectivity index (χ4n) is 3.07. The second-order valence-corrected chi connectivity index (χ2v) is 8.06. The van der Waals surface area contributed by atoms with E-state index in [0.29, 0.717) is 38.1 Å². The highest BCUT2D eigenvalue weighted by atomic mass is 16.6. The molecule has 6 nitrogen and oxygen atoms in total. The quantitative estimate of drug-likeness (QED) is 0.560. The Labute approximate surface area is 152 Å². The molecular formula is C19H35NO5. The monoisotopic (exact) mass is 357 g/mol. The first-order valence-corrected chi connectivity index (χ1v) is 9.35. The van der Waals surface area contributed by atoms with Crippen LogP contribution in [0.5, 0.6) is 0 Å². The Morgan fingerprint density at radius 1 is 1.08 bits per heavy atom. The largest absolute Gasteiger partial charge is 0.457 e. The lowest BCUT2D eigenvalue weighted by molar-refractivity contribution is -0.169. The van der Waals surface area contributed by atoms with Gasteiger partial charge in [0.25, 0.3) is 0 Å². The van der Waals surface area contributed by atoms with Crippen molar-refractivity contribution in [3.8, 4) is 0 Å². The van der Waals surface area contributed by atoms with Gasteiger partial charge in [0.2, 0.25) is 0 Å². The second kappa shape index (κ2) is 10.8. The van der Waals surface area contributed by atoms with Crippen LogP contribution in [0.2, 0.25) is 0 Å². The molecule has 0 N–H and O–H groups in total. The van der Waals surface area contributed by atoms with Gasteiger partial charge in [-0.2, -0.15) is 0 Å². The molecule has 0 bridgehead atoms. The van der Waals surface area contributed by atoms with Crippen molar-refractivity contribution in [3.63, 3.8) is 0 Å². The van der Waals surface area contributed by atoms with Crippen LogP contribution in [-0.2, 0) is 23.8 Å². The van der Waals surface area contributed by atoms with Gasteiger partial charge in [0, 0.05) is 13.1 Å². The average molecular weight is 357 g/mol. The van der Waals surface area contributed by atoms with E-state index in [1.807, 2.05) is 18.7 Å². The van der Waals surface area contributed by atoms with Gasteiger partial charge < -0.3 is 14.2 Å². The number of nitrogens with zero attached hydrogens (tertiary/aromatic N) is 1. The SMILES string of the molecule is CC(C)CC[C@H](C)CC(C)(C)OC(=O)COC(=O)CN1CCOCC1. The maximum absolute atomic E-state index is 12.0. The Hall–Kier alpha value is -1.14. The maximum atomic E-state index is 12.0. The van der Waals surface area contributed by atoms with Crippen molar-refractivity contribution in [2.24, 2.45) is 11.8 Å². The molecular weight excluding hydrogens is 322 g/mol. The zero-order chi connectivity index (χ0) is 18.9. The van der Waals surface area contributed by atoms with E-state index in [4.69, 9.17) is 14.2 Å². The summed E-state index contributed by atoms with van der Waals surface area (Å²) < 4.78 is 15.8.